The standard InChI is InChI=1S/C15H22N6O3S/c1-4-20-14(7-11(2)18-20)15(22)19-9-12-5-6-16-21(12)13(10-19)8-17-25(3,23)24/h5-7,13,17H,4,8-10H2,1-3H3/t13-/m0/s1. The Morgan fingerprint density at radius 3 is 2.88 bits per heavy atom. The van der Waals surface area contributed by atoms with Gasteiger partial charge in [0.05, 0.1) is 30.2 Å². The van der Waals surface area contributed by atoms with Crippen molar-refractivity contribution in [1.82, 2.24) is 29.2 Å². The van der Waals surface area contributed by atoms with Gasteiger partial charge in [0.15, 0.2) is 0 Å². The summed E-state index contributed by atoms with van der Waals surface area (Å²) in [6, 6.07) is 3.37. The molecule has 3 heterocycles. The van der Waals surface area contributed by atoms with Crippen LogP contribution in [-0.4, -0.2) is 58.1 Å². The van der Waals surface area contributed by atoms with Crippen LogP contribution in [0.15, 0.2) is 18.3 Å². The van der Waals surface area contributed by atoms with Gasteiger partial charge in [0, 0.05) is 25.8 Å². The highest BCUT2D eigenvalue weighted by atomic mass is 32.2. The molecule has 0 spiro atoms. The largest absolute Gasteiger partial charge is 0.329 e. The molecule has 1 aliphatic rings. The molecule has 0 saturated heterocycles. The maximum absolute atomic E-state index is 13.0. The summed E-state index contributed by atoms with van der Waals surface area (Å²) in [5.41, 5.74) is 2.21. The predicted octanol–water partition coefficient (Wildman–Crippen LogP) is 0.154. The minimum atomic E-state index is -3.32. The Balaban J connectivity index is 1.85. The van der Waals surface area contributed by atoms with Crippen molar-refractivity contribution in [3.63, 3.8) is 0 Å². The van der Waals surface area contributed by atoms with Crippen molar-refractivity contribution in [1.29, 1.82) is 0 Å². The highest BCUT2D eigenvalue weighted by molar-refractivity contribution is 7.88. The van der Waals surface area contributed by atoms with Gasteiger partial charge in [-0.15, -0.1) is 0 Å². The molecule has 0 radical (unpaired) electrons. The van der Waals surface area contributed by atoms with Gasteiger partial charge in [-0.3, -0.25) is 14.2 Å². The summed E-state index contributed by atoms with van der Waals surface area (Å²) >= 11 is 0. The molecule has 2 aromatic rings. The Morgan fingerprint density at radius 1 is 1.44 bits per heavy atom. The zero-order chi connectivity index (χ0) is 18.2. The first kappa shape index (κ1) is 17.6. The van der Waals surface area contributed by atoms with Crippen LogP contribution in [0.4, 0.5) is 0 Å². The maximum Gasteiger partial charge on any atom is 0.272 e. The van der Waals surface area contributed by atoms with Crippen LogP contribution in [-0.2, 0) is 23.1 Å². The summed E-state index contributed by atoms with van der Waals surface area (Å²) in [4.78, 5) is 14.7. The number of aryl methyl sites for hydroxylation is 2. The lowest BCUT2D eigenvalue weighted by Crippen LogP contribution is -2.45. The van der Waals surface area contributed by atoms with Gasteiger partial charge in [-0.25, -0.2) is 13.1 Å². The summed E-state index contributed by atoms with van der Waals surface area (Å²) in [6.07, 6.45) is 2.78. The molecule has 0 unspecified atom stereocenters. The van der Waals surface area contributed by atoms with Crippen molar-refractivity contribution in [3.8, 4) is 0 Å². The minimum absolute atomic E-state index is 0.112. The lowest BCUT2D eigenvalue weighted by Gasteiger charge is -2.34. The van der Waals surface area contributed by atoms with Gasteiger partial charge in [0.1, 0.15) is 5.69 Å². The van der Waals surface area contributed by atoms with Crippen LogP contribution >= 0.6 is 0 Å². The third-order valence-electron chi connectivity index (χ3n) is 4.17. The van der Waals surface area contributed by atoms with Crippen molar-refractivity contribution in [2.45, 2.75) is 33.0 Å². The van der Waals surface area contributed by atoms with E-state index in [1.165, 1.54) is 0 Å². The summed E-state index contributed by atoms with van der Waals surface area (Å²) in [7, 11) is -3.32. The fourth-order valence-corrected chi connectivity index (χ4v) is 3.56. The molecule has 0 aromatic carbocycles. The summed E-state index contributed by atoms with van der Waals surface area (Å²) < 4.78 is 28.8. The summed E-state index contributed by atoms with van der Waals surface area (Å²) in [5.74, 6) is -0.112. The normalized spacial score (nSPS) is 17.6. The van der Waals surface area contributed by atoms with Gasteiger partial charge >= 0.3 is 0 Å². The minimum Gasteiger partial charge on any atom is -0.329 e. The first-order valence-corrected chi connectivity index (χ1v) is 9.98. The highest BCUT2D eigenvalue weighted by Gasteiger charge is 2.30. The molecular weight excluding hydrogens is 344 g/mol. The number of nitrogens with one attached hydrogen (secondary N) is 1. The third kappa shape index (κ3) is 3.74. The first-order valence-electron chi connectivity index (χ1n) is 8.09. The molecular formula is C15H22N6O3S. The summed E-state index contributed by atoms with van der Waals surface area (Å²) in [5, 5.41) is 8.60. The topological polar surface area (TPSA) is 102 Å². The van der Waals surface area contributed by atoms with Crippen LogP contribution in [0.3, 0.4) is 0 Å². The molecule has 1 aliphatic heterocycles. The molecule has 136 valence electrons. The van der Waals surface area contributed by atoms with Gasteiger partial charge in [-0.2, -0.15) is 10.2 Å². The van der Waals surface area contributed by atoms with Gasteiger partial charge in [0.2, 0.25) is 10.0 Å². The fourth-order valence-electron chi connectivity index (χ4n) is 3.06. The van der Waals surface area contributed by atoms with E-state index in [-0.39, 0.29) is 18.5 Å². The molecule has 0 aliphatic carbocycles. The molecule has 25 heavy (non-hydrogen) atoms. The third-order valence-corrected chi connectivity index (χ3v) is 4.86. The van der Waals surface area contributed by atoms with E-state index in [2.05, 4.69) is 14.9 Å². The number of amides is 1. The lowest BCUT2D eigenvalue weighted by atomic mass is 10.1. The number of hydrogen-bond acceptors (Lipinski definition) is 5. The second-order valence-corrected chi connectivity index (χ2v) is 8.05. The van der Waals surface area contributed by atoms with Crippen LogP contribution in [0, 0.1) is 6.92 Å². The van der Waals surface area contributed by atoms with Crippen LogP contribution in [0.25, 0.3) is 0 Å². The van der Waals surface area contributed by atoms with Crippen molar-refractivity contribution in [2.24, 2.45) is 0 Å². The molecule has 3 rings (SSSR count). The van der Waals surface area contributed by atoms with Crippen molar-refractivity contribution < 1.29 is 13.2 Å². The average molecular weight is 366 g/mol. The predicted molar refractivity (Wildman–Crippen MR) is 91.5 cm³/mol. The Morgan fingerprint density at radius 2 is 2.20 bits per heavy atom. The second kappa shape index (κ2) is 6.60. The van der Waals surface area contributed by atoms with E-state index in [0.29, 0.717) is 25.3 Å². The van der Waals surface area contributed by atoms with Gasteiger partial charge < -0.3 is 4.90 Å². The Bertz CT molecular complexity index is 885. The molecule has 0 bridgehead atoms. The summed E-state index contributed by atoms with van der Waals surface area (Å²) in [6.45, 7) is 5.40. The van der Waals surface area contributed by atoms with Crippen LogP contribution in [0.5, 0.6) is 0 Å². The molecule has 0 fully saturated rings. The Labute approximate surface area is 146 Å². The van der Waals surface area contributed by atoms with Crippen molar-refractivity contribution in [3.05, 3.63) is 35.4 Å². The van der Waals surface area contributed by atoms with E-state index >= 15 is 0 Å². The van der Waals surface area contributed by atoms with Crippen LogP contribution < -0.4 is 4.72 Å². The maximum atomic E-state index is 13.0. The average Bonchev–Trinajstić information content (AvgIpc) is 3.16. The molecule has 1 N–H and O–H groups in total. The number of sulfonamides is 1. The highest BCUT2D eigenvalue weighted by Crippen LogP contribution is 2.22. The zero-order valence-corrected chi connectivity index (χ0v) is 15.3. The van der Waals surface area contributed by atoms with Crippen LogP contribution in [0.2, 0.25) is 0 Å². The zero-order valence-electron chi connectivity index (χ0n) is 14.5. The fraction of sp³-hybridized carbons (Fsp3) is 0.533. The second-order valence-electron chi connectivity index (χ2n) is 6.21. The van der Waals surface area contributed by atoms with Crippen LogP contribution in [0.1, 0.15) is 34.8 Å². The van der Waals surface area contributed by atoms with Gasteiger partial charge in [0.25, 0.3) is 5.91 Å². The lowest BCUT2D eigenvalue weighted by molar-refractivity contribution is 0.0659. The smallest absolute Gasteiger partial charge is 0.272 e. The number of aromatic nitrogens is 4. The molecule has 2 aromatic heterocycles. The number of carbonyl (C=O) groups excluding carboxylic acids is 1. The van der Waals surface area contributed by atoms with E-state index in [1.54, 1.807) is 26.5 Å². The molecule has 9 nitrogen and oxygen atoms in total. The van der Waals surface area contributed by atoms with E-state index in [0.717, 1.165) is 17.6 Å². The quantitative estimate of drug-likeness (QED) is 0.812. The number of rotatable bonds is 5. The molecule has 1 atom stereocenters. The van der Waals surface area contributed by atoms with E-state index in [4.69, 9.17) is 0 Å². The Kier molecular flexibility index (Phi) is 4.65. The van der Waals surface area contributed by atoms with Gasteiger partial charge in [-0.1, -0.05) is 0 Å². The molecule has 10 heteroatoms. The molecule has 1 amide bonds. The number of hydrogen-bond donors (Lipinski definition) is 1. The number of fused-ring (bicyclic) bond motifs is 1. The van der Waals surface area contributed by atoms with Gasteiger partial charge in [-0.05, 0) is 26.0 Å². The monoisotopic (exact) mass is 366 g/mol. The Hall–Kier alpha value is -2.20. The van der Waals surface area contributed by atoms with E-state index < -0.39 is 10.0 Å². The number of nitrogens with zero attached hydrogens (tertiary/aromatic N) is 5. The van der Waals surface area contributed by atoms with E-state index in [9.17, 15) is 13.2 Å². The first-order chi connectivity index (χ1) is 11.8. The number of carbonyl (C=O) groups is 1. The SMILES string of the molecule is CCn1nc(C)cc1C(=O)N1Cc2ccnn2[C@@H](CNS(C)(=O)=O)C1. The molecule has 0 saturated carbocycles. The van der Waals surface area contributed by atoms with Crippen molar-refractivity contribution in [2.75, 3.05) is 19.3 Å². The van der Waals surface area contributed by atoms with E-state index in [1.807, 2.05) is 19.9 Å². The van der Waals surface area contributed by atoms with Crippen molar-refractivity contribution >= 4 is 15.9 Å².